The number of likely N-dealkylation sites (tertiary alicyclic amines) is 1. The van der Waals surface area contributed by atoms with Crippen LogP contribution in [0.25, 0.3) is 0 Å². The molecule has 0 bridgehead atoms. The minimum absolute atomic E-state index is 0.224. The van der Waals surface area contributed by atoms with Gasteiger partial charge in [0, 0.05) is 49.6 Å². The van der Waals surface area contributed by atoms with Crippen molar-refractivity contribution >= 4 is 11.6 Å². The van der Waals surface area contributed by atoms with E-state index in [1.54, 1.807) is 0 Å². The van der Waals surface area contributed by atoms with Crippen molar-refractivity contribution in [1.29, 1.82) is 0 Å². The molecular formula is C23H26N2O. The Bertz CT molecular complexity index is 787. The molecule has 1 aliphatic carbocycles. The van der Waals surface area contributed by atoms with Crippen LogP contribution >= 0.6 is 0 Å². The first-order chi connectivity index (χ1) is 12.7. The Hall–Kier alpha value is -2.29. The molecule has 1 amide bonds. The lowest BCUT2D eigenvalue weighted by molar-refractivity contribution is -0.131. The number of amides is 1. The van der Waals surface area contributed by atoms with Gasteiger partial charge in [0.05, 0.1) is 0 Å². The Morgan fingerprint density at radius 1 is 0.885 bits per heavy atom. The second kappa shape index (κ2) is 6.15. The third-order valence-corrected chi connectivity index (χ3v) is 6.53. The largest absolute Gasteiger partial charge is 0.371 e. The molecule has 2 aromatic carbocycles. The van der Waals surface area contributed by atoms with Gasteiger partial charge in [0.1, 0.15) is 0 Å². The predicted octanol–water partition coefficient (Wildman–Crippen LogP) is 3.69. The smallest absolute Gasteiger partial charge is 0.226 e. The molecule has 2 aliphatic heterocycles. The van der Waals surface area contributed by atoms with Gasteiger partial charge in [-0.25, -0.2) is 0 Å². The number of para-hydroxylation sites is 1. The van der Waals surface area contributed by atoms with Gasteiger partial charge in [0.2, 0.25) is 5.91 Å². The summed E-state index contributed by atoms with van der Waals surface area (Å²) in [5.41, 5.74) is 3.94. The van der Waals surface area contributed by atoms with Crippen molar-refractivity contribution in [2.24, 2.45) is 17.8 Å². The van der Waals surface area contributed by atoms with Crippen LogP contribution in [0, 0.1) is 24.7 Å². The molecule has 2 saturated heterocycles. The van der Waals surface area contributed by atoms with E-state index in [4.69, 9.17) is 0 Å². The summed E-state index contributed by atoms with van der Waals surface area (Å²) in [7, 11) is 0. The fourth-order valence-corrected chi connectivity index (χ4v) is 4.91. The average molecular weight is 346 g/mol. The van der Waals surface area contributed by atoms with Crippen molar-refractivity contribution < 1.29 is 4.79 Å². The van der Waals surface area contributed by atoms with Gasteiger partial charge >= 0.3 is 0 Å². The Morgan fingerprint density at radius 3 is 2.19 bits per heavy atom. The van der Waals surface area contributed by atoms with Crippen LogP contribution in [0.2, 0.25) is 0 Å². The minimum atomic E-state index is 0.224. The summed E-state index contributed by atoms with van der Waals surface area (Å²) in [4.78, 5) is 17.6. The molecular weight excluding hydrogens is 320 g/mol. The maximum absolute atomic E-state index is 13.0. The molecule has 26 heavy (non-hydrogen) atoms. The van der Waals surface area contributed by atoms with Crippen LogP contribution in [0.5, 0.6) is 0 Å². The summed E-state index contributed by atoms with van der Waals surface area (Å²) in [5.74, 6) is 2.34. The SMILES string of the molecule is Cc1ccc(C2CC2C(=O)N2CC3CN(c4ccccc4)CC3C2)cc1. The molecule has 3 aliphatic rings. The van der Waals surface area contributed by atoms with E-state index in [1.807, 2.05) is 0 Å². The van der Waals surface area contributed by atoms with E-state index in [1.165, 1.54) is 16.8 Å². The van der Waals surface area contributed by atoms with Crippen molar-refractivity contribution in [2.75, 3.05) is 31.1 Å². The molecule has 3 heteroatoms. The van der Waals surface area contributed by atoms with E-state index in [-0.39, 0.29) is 5.92 Å². The monoisotopic (exact) mass is 346 g/mol. The number of anilines is 1. The van der Waals surface area contributed by atoms with E-state index >= 15 is 0 Å². The van der Waals surface area contributed by atoms with Gasteiger partial charge in [-0.15, -0.1) is 0 Å². The Labute approximate surface area is 155 Å². The molecule has 1 saturated carbocycles. The first-order valence-electron chi connectivity index (χ1n) is 9.84. The molecule has 4 atom stereocenters. The van der Waals surface area contributed by atoms with Crippen LogP contribution < -0.4 is 4.90 Å². The number of rotatable bonds is 3. The first-order valence-corrected chi connectivity index (χ1v) is 9.84. The number of aryl methyl sites for hydroxylation is 1. The number of hydrogen-bond acceptors (Lipinski definition) is 2. The fourth-order valence-electron chi connectivity index (χ4n) is 4.91. The average Bonchev–Trinajstić information content (AvgIpc) is 3.20. The molecule has 4 unspecified atom stereocenters. The number of nitrogens with zero attached hydrogens (tertiary/aromatic N) is 2. The number of benzene rings is 2. The summed E-state index contributed by atoms with van der Waals surface area (Å²) >= 11 is 0. The molecule has 2 aromatic rings. The number of carbonyl (C=O) groups is 1. The van der Waals surface area contributed by atoms with Crippen LogP contribution in [0.4, 0.5) is 5.69 Å². The summed E-state index contributed by atoms with van der Waals surface area (Å²) in [5, 5.41) is 0. The Morgan fingerprint density at radius 2 is 1.54 bits per heavy atom. The van der Waals surface area contributed by atoms with Crippen molar-refractivity contribution in [3.63, 3.8) is 0 Å². The lowest BCUT2D eigenvalue weighted by atomic mass is 10.0. The molecule has 3 nitrogen and oxygen atoms in total. The lowest BCUT2D eigenvalue weighted by Crippen LogP contribution is -2.34. The summed E-state index contributed by atoms with van der Waals surface area (Å²) in [6.07, 6.45) is 1.03. The minimum Gasteiger partial charge on any atom is -0.371 e. The normalized spacial score (nSPS) is 29.7. The lowest BCUT2D eigenvalue weighted by Gasteiger charge is -2.23. The fraction of sp³-hybridized carbons (Fsp3) is 0.435. The van der Waals surface area contributed by atoms with Gasteiger partial charge in [0.15, 0.2) is 0 Å². The van der Waals surface area contributed by atoms with Crippen molar-refractivity contribution in [3.8, 4) is 0 Å². The highest BCUT2D eigenvalue weighted by Crippen LogP contribution is 2.49. The molecule has 3 fully saturated rings. The predicted molar refractivity (Wildman–Crippen MR) is 104 cm³/mol. The zero-order chi connectivity index (χ0) is 17.7. The van der Waals surface area contributed by atoms with Crippen LogP contribution in [0.1, 0.15) is 23.5 Å². The van der Waals surface area contributed by atoms with Gasteiger partial charge in [0.25, 0.3) is 0 Å². The topological polar surface area (TPSA) is 23.6 Å². The van der Waals surface area contributed by atoms with Crippen molar-refractivity contribution in [1.82, 2.24) is 4.90 Å². The highest BCUT2D eigenvalue weighted by molar-refractivity contribution is 5.83. The van der Waals surface area contributed by atoms with E-state index in [2.05, 4.69) is 71.3 Å². The molecule has 0 radical (unpaired) electrons. The third kappa shape index (κ3) is 2.80. The second-order valence-electron chi connectivity index (χ2n) is 8.36. The zero-order valence-corrected chi connectivity index (χ0v) is 15.3. The second-order valence-corrected chi connectivity index (χ2v) is 8.36. The van der Waals surface area contributed by atoms with Crippen molar-refractivity contribution in [3.05, 3.63) is 65.7 Å². The molecule has 0 N–H and O–H groups in total. The third-order valence-electron chi connectivity index (χ3n) is 6.53. The number of fused-ring (bicyclic) bond motifs is 1. The molecule has 134 valence electrons. The summed E-state index contributed by atoms with van der Waals surface area (Å²) < 4.78 is 0. The number of hydrogen-bond donors (Lipinski definition) is 0. The first kappa shape index (κ1) is 15.9. The highest BCUT2D eigenvalue weighted by atomic mass is 16.2. The van der Waals surface area contributed by atoms with E-state index in [0.717, 1.165) is 32.6 Å². The van der Waals surface area contributed by atoms with E-state index in [9.17, 15) is 4.79 Å². The van der Waals surface area contributed by atoms with Gasteiger partial charge in [-0.3, -0.25) is 4.79 Å². The molecule has 0 spiro atoms. The van der Waals surface area contributed by atoms with Gasteiger partial charge < -0.3 is 9.80 Å². The summed E-state index contributed by atoms with van der Waals surface area (Å²) in [6, 6.07) is 19.4. The van der Waals surface area contributed by atoms with E-state index in [0.29, 0.717) is 23.7 Å². The van der Waals surface area contributed by atoms with Crippen LogP contribution in [0.3, 0.4) is 0 Å². The van der Waals surface area contributed by atoms with Gasteiger partial charge in [-0.05, 0) is 37.0 Å². The maximum Gasteiger partial charge on any atom is 0.226 e. The maximum atomic E-state index is 13.0. The molecule has 5 rings (SSSR count). The Balaban J connectivity index is 1.19. The van der Waals surface area contributed by atoms with Gasteiger partial charge in [-0.1, -0.05) is 48.0 Å². The highest BCUT2D eigenvalue weighted by Gasteiger charge is 2.49. The quantitative estimate of drug-likeness (QED) is 0.846. The Kier molecular flexibility index (Phi) is 3.77. The number of carbonyl (C=O) groups excluding carboxylic acids is 1. The van der Waals surface area contributed by atoms with Gasteiger partial charge in [-0.2, -0.15) is 0 Å². The van der Waals surface area contributed by atoms with Crippen LogP contribution in [0.15, 0.2) is 54.6 Å². The zero-order valence-electron chi connectivity index (χ0n) is 15.3. The van der Waals surface area contributed by atoms with Crippen LogP contribution in [-0.4, -0.2) is 37.0 Å². The van der Waals surface area contributed by atoms with Crippen molar-refractivity contribution in [2.45, 2.75) is 19.3 Å². The van der Waals surface area contributed by atoms with Crippen LogP contribution in [-0.2, 0) is 4.79 Å². The standard InChI is InChI=1S/C23H26N2O/c1-16-7-9-17(10-8-16)21-11-22(21)23(26)25-14-18-12-24(13-19(18)15-25)20-5-3-2-4-6-20/h2-10,18-19,21-22H,11-15H2,1H3. The summed E-state index contributed by atoms with van der Waals surface area (Å²) in [6.45, 7) is 6.18. The molecule has 2 heterocycles. The molecule has 0 aromatic heterocycles. The van der Waals surface area contributed by atoms with E-state index < -0.39 is 0 Å².